The molecule has 86 valence electrons. The van der Waals surface area contributed by atoms with Crippen molar-refractivity contribution < 1.29 is 8.78 Å². The summed E-state index contributed by atoms with van der Waals surface area (Å²) in [6.45, 7) is -0.831. The monoisotopic (exact) mass is 233 g/mol. The average molecular weight is 233 g/mol. The maximum absolute atomic E-state index is 12.4. The maximum atomic E-state index is 12.4. The smallest absolute Gasteiger partial charge is 0.211 e. The van der Waals surface area contributed by atoms with Crippen LogP contribution in [0.2, 0.25) is 0 Å². The number of hydrogen-bond donors (Lipinski definition) is 0. The van der Waals surface area contributed by atoms with E-state index in [1.54, 1.807) is 25.1 Å². The predicted octanol–water partition coefficient (Wildman–Crippen LogP) is 3.13. The average Bonchev–Trinajstić information content (AvgIpc) is 2.78. The van der Waals surface area contributed by atoms with Crippen LogP contribution in [0.3, 0.4) is 0 Å². The normalized spacial score (nSPS) is 10.5. The van der Waals surface area contributed by atoms with Gasteiger partial charge in [0.25, 0.3) is 0 Å². The van der Waals surface area contributed by atoms with Crippen molar-refractivity contribution in [2.24, 2.45) is 0 Å². The molecular formula is C12H9F2N3. The zero-order valence-electron chi connectivity index (χ0n) is 9.06. The summed E-state index contributed by atoms with van der Waals surface area (Å²) in [5, 5.41) is 12.4. The van der Waals surface area contributed by atoms with Gasteiger partial charge in [-0.1, -0.05) is 12.1 Å². The molecule has 0 saturated heterocycles. The summed E-state index contributed by atoms with van der Waals surface area (Å²) in [7, 11) is 0. The van der Waals surface area contributed by atoms with Gasteiger partial charge in [0.05, 0.1) is 17.8 Å². The topological polar surface area (TPSA) is 41.6 Å². The van der Waals surface area contributed by atoms with E-state index in [0.717, 1.165) is 11.1 Å². The lowest BCUT2D eigenvalue weighted by Crippen LogP contribution is -1.96. The van der Waals surface area contributed by atoms with Crippen LogP contribution in [0, 0.1) is 18.3 Å². The third-order valence-electron chi connectivity index (χ3n) is 2.48. The minimum absolute atomic E-state index is 0.579. The van der Waals surface area contributed by atoms with Crippen LogP contribution in [0.15, 0.2) is 30.6 Å². The second kappa shape index (κ2) is 4.34. The van der Waals surface area contributed by atoms with Gasteiger partial charge in [0.15, 0.2) is 0 Å². The van der Waals surface area contributed by atoms with Crippen LogP contribution in [0.5, 0.6) is 0 Å². The molecule has 0 N–H and O–H groups in total. The van der Waals surface area contributed by atoms with E-state index in [1.165, 1.54) is 12.4 Å². The van der Waals surface area contributed by atoms with Gasteiger partial charge in [-0.2, -0.15) is 19.1 Å². The summed E-state index contributed by atoms with van der Waals surface area (Å²) in [4.78, 5) is 0. The Morgan fingerprint density at radius 3 is 2.65 bits per heavy atom. The van der Waals surface area contributed by atoms with E-state index in [4.69, 9.17) is 5.26 Å². The van der Waals surface area contributed by atoms with Crippen molar-refractivity contribution in [2.45, 2.75) is 13.5 Å². The zero-order valence-corrected chi connectivity index (χ0v) is 9.06. The van der Waals surface area contributed by atoms with Crippen molar-refractivity contribution in [3.05, 3.63) is 41.7 Å². The summed E-state index contributed by atoms with van der Waals surface area (Å²) in [6.07, 6.45) is 2.67. The fourth-order valence-electron chi connectivity index (χ4n) is 1.56. The van der Waals surface area contributed by atoms with Gasteiger partial charge in [-0.3, -0.25) is 0 Å². The van der Waals surface area contributed by atoms with E-state index in [2.05, 4.69) is 11.2 Å². The molecule has 5 heteroatoms. The van der Waals surface area contributed by atoms with Crippen LogP contribution in [-0.2, 0) is 0 Å². The van der Waals surface area contributed by atoms with E-state index in [-0.39, 0.29) is 0 Å². The van der Waals surface area contributed by atoms with Gasteiger partial charge < -0.3 is 0 Å². The number of alkyl halides is 2. The lowest BCUT2D eigenvalue weighted by molar-refractivity contribution is 0.0566. The largest absolute Gasteiger partial charge is 0.333 e. The van der Waals surface area contributed by atoms with Crippen molar-refractivity contribution in [1.82, 2.24) is 9.78 Å². The highest BCUT2D eigenvalue weighted by Crippen LogP contribution is 2.23. The molecule has 0 aliphatic rings. The molecule has 0 spiro atoms. The highest BCUT2D eigenvalue weighted by molar-refractivity contribution is 5.64. The number of hydrogen-bond acceptors (Lipinski definition) is 2. The lowest BCUT2D eigenvalue weighted by Gasteiger charge is -2.01. The van der Waals surface area contributed by atoms with Crippen LogP contribution in [0.4, 0.5) is 8.78 Å². The number of halogens is 2. The molecule has 1 aromatic heterocycles. The van der Waals surface area contributed by atoms with E-state index in [9.17, 15) is 8.78 Å². The van der Waals surface area contributed by atoms with Crippen molar-refractivity contribution >= 4 is 0 Å². The minimum atomic E-state index is -2.64. The van der Waals surface area contributed by atoms with Crippen LogP contribution >= 0.6 is 0 Å². The molecule has 0 aliphatic heterocycles. The molecule has 0 fully saturated rings. The number of nitrogens with zero attached hydrogens (tertiary/aromatic N) is 3. The number of nitriles is 1. The van der Waals surface area contributed by atoms with Gasteiger partial charge in [0.1, 0.15) is 0 Å². The molecule has 0 radical (unpaired) electrons. The molecule has 1 heterocycles. The molecule has 3 nitrogen and oxygen atoms in total. The lowest BCUT2D eigenvalue weighted by atomic mass is 10.0. The molecule has 0 atom stereocenters. The molecule has 0 saturated carbocycles. The Morgan fingerprint density at radius 2 is 2.12 bits per heavy atom. The SMILES string of the molecule is Cc1cc(-c2cnn(C(F)F)c2)ccc1C#N. The summed E-state index contributed by atoms with van der Waals surface area (Å²) in [5.41, 5.74) is 2.77. The summed E-state index contributed by atoms with van der Waals surface area (Å²) in [6, 6.07) is 7.23. The van der Waals surface area contributed by atoms with E-state index >= 15 is 0 Å². The van der Waals surface area contributed by atoms with Crippen molar-refractivity contribution in [2.75, 3.05) is 0 Å². The fraction of sp³-hybridized carbons (Fsp3) is 0.167. The summed E-state index contributed by atoms with van der Waals surface area (Å²) in [5.74, 6) is 0. The molecule has 0 amide bonds. The maximum Gasteiger partial charge on any atom is 0.333 e. The first kappa shape index (κ1) is 11.3. The number of aromatic nitrogens is 2. The molecular weight excluding hydrogens is 224 g/mol. The summed E-state index contributed by atoms with van der Waals surface area (Å²) < 4.78 is 25.3. The summed E-state index contributed by atoms with van der Waals surface area (Å²) >= 11 is 0. The van der Waals surface area contributed by atoms with Crippen LogP contribution in [0.1, 0.15) is 17.7 Å². The fourth-order valence-corrected chi connectivity index (χ4v) is 1.56. The molecule has 2 aromatic rings. The number of rotatable bonds is 2. The van der Waals surface area contributed by atoms with Crippen LogP contribution in [0.25, 0.3) is 11.1 Å². The zero-order chi connectivity index (χ0) is 12.4. The van der Waals surface area contributed by atoms with Crippen LogP contribution in [-0.4, -0.2) is 9.78 Å². The Bertz CT molecular complexity index is 582. The van der Waals surface area contributed by atoms with Crippen molar-refractivity contribution in [3.8, 4) is 17.2 Å². The number of aryl methyl sites for hydroxylation is 1. The van der Waals surface area contributed by atoms with Gasteiger partial charge in [-0.15, -0.1) is 0 Å². The third-order valence-corrected chi connectivity index (χ3v) is 2.48. The molecule has 2 rings (SSSR count). The Kier molecular flexibility index (Phi) is 2.88. The Balaban J connectivity index is 2.40. The van der Waals surface area contributed by atoms with Crippen molar-refractivity contribution in [1.29, 1.82) is 5.26 Å². The first-order valence-electron chi connectivity index (χ1n) is 4.95. The van der Waals surface area contributed by atoms with Gasteiger partial charge in [-0.25, -0.2) is 4.68 Å². The van der Waals surface area contributed by atoms with Gasteiger partial charge in [0, 0.05) is 11.8 Å². The third kappa shape index (κ3) is 2.16. The van der Waals surface area contributed by atoms with Crippen molar-refractivity contribution in [3.63, 3.8) is 0 Å². The Hall–Kier alpha value is -2.22. The second-order valence-corrected chi connectivity index (χ2v) is 3.63. The molecule has 0 bridgehead atoms. The predicted molar refractivity (Wildman–Crippen MR) is 58.4 cm³/mol. The standard InChI is InChI=1S/C12H9F2N3/c1-8-4-9(2-3-10(8)5-15)11-6-16-17(7-11)12(13)14/h2-4,6-7,12H,1H3. The van der Waals surface area contributed by atoms with Crippen LogP contribution < -0.4 is 0 Å². The molecule has 17 heavy (non-hydrogen) atoms. The van der Waals surface area contributed by atoms with Gasteiger partial charge in [-0.05, 0) is 24.1 Å². The second-order valence-electron chi connectivity index (χ2n) is 3.63. The quantitative estimate of drug-likeness (QED) is 0.799. The Morgan fingerprint density at radius 1 is 1.35 bits per heavy atom. The first-order valence-corrected chi connectivity index (χ1v) is 4.95. The number of benzene rings is 1. The highest BCUT2D eigenvalue weighted by atomic mass is 19.3. The van der Waals surface area contributed by atoms with E-state index < -0.39 is 6.55 Å². The van der Waals surface area contributed by atoms with Gasteiger partial charge >= 0.3 is 6.55 Å². The molecule has 0 unspecified atom stereocenters. The first-order chi connectivity index (χ1) is 8.11. The Labute approximate surface area is 96.9 Å². The van der Waals surface area contributed by atoms with E-state index in [1.807, 2.05) is 0 Å². The van der Waals surface area contributed by atoms with Gasteiger partial charge in [0.2, 0.25) is 0 Å². The van der Waals surface area contributed by atoms with E-state index in [0.29, 0.717) is 15.8 Å². The molecule has 0 aliphatic carbocycles. The molecule has 1 aromatic carbocycles. The minimum Gasteiger partial charge on any atom is -0.211 e. The highest BCUT2D eigenvalue weighted by Gasteiger charge is 2.09.